The molecule has 4 amide bonds. The number of imidazole rings is 2. The molecule has 4 N–H and O–H groups in total. The van der Waals surface area contributed by atoms with Crippen molar-refractivity contribution in [3.63, 3.8) is 0 Å². The second kappa shape index (κ2) is 17.1. The van der Waals surface area contributed by atoms with Crippen molar-refractivity contribution >= 4 is 24.0 Å². The molecular weight excluding hydrogens is 704 g/mol. The van der Waals surface area contributed by atoms with Crippen LogP contribution in [0.15, 0.2) is 60.9 Å². The van der Waals surface area contributed by atoms with Gasteiger partial charge < -0.3 is 44.6 Å². The van der Waals surface area contributed by atoms with Crippen LogP contribution < -0.4 is 15.4 Å². The molecule has 0 bridgehead atoms. The number of likely N-dealkylation sites (tertiary alicyclic amines) is 2. The van der Waals surface area contributed by atoms with Gasteiger partial charge in [-0.3, -0.25) is 9.59 Å². The Kier molecular flexibility index (Phi) is 12.1. The maximum Gasteiger partial charge on any atom is 0.407 e. The van der Waals surface area contributed by atoms with E-state index in [4.69, 9.17) is 14.2 Å². The summed E-state index contributed by atoms with van der Waals surface area (Å²) in [5.41, 5.74) is 3.39. The Hall–Kier alpha value is -5.86. The fourth-order valence-electron chi connectivity index (χ4n) is 7.26. The number of amides is 4. The summed E-state index contributed by atoms with van der Waals surface area (Å²) in [6, 6.07) is 13.5. The van der Waals surface area contributed by atoms with Gasteiger partial charge in [-0.2, -0.15) is 0 Å². The Morgan fingerprint density at radius 2 is 1.18 bits per heavy atom. The number of methoxy groups -OCH3 is 2. The van der Waals surface area contributed by atoms with E-state index in [2.05, 4.69) is 30.6 Å². The summed E-state index contributed by atoms with van der Waals surface area (Å²) in [4.78, 5) is 70.7. The van der Waals surface area contributed by atoms with Gasteiger partial charge in [-0.1, -0.05) is 39.8 Å². The molecule has 15 heteroatoms. The lowest BCUT2D eigenvalue weighted by Crippen LogP contribution is -2.51. The molecule has 2 aromatic heterocycles. The first-order valence-electron chi connectivity index (χ1n) is 18.8. The summed E-state index contributed by atoms with van der Waals surface area (Å²) in [5.74, 6) is 2.13. The van der Waals surface area contributed by atoms with Crippen molar-refractivity contribution in [2.75, 3.05) is 27.3 Å². The zero-order valence-corrected chi connectivity index (χ0v) is 32.1. The Bertz CT molecular complexity index is 1970. The van der Waals surface area contributed by atoms with E-state index < -0.39 is 24.3 Å². The Balaban J connectivity index is 1.10. The number of rotatable bonds is 12. The molecule has 0 spiro atoms. The molecule has 0 aliphatic carbocycles. The van der Waals surface area contributed by atoms with Gasteiger partial charge in [-0.25, -0.2) is 19.6 Å². The molecule has 2 aromatic carbocycles. The number of nitrogens with one attached hydrogen (secondary N) is 4. The maximum atomic E-state index is 13.5. The highest BCUT2D eigenvalue weighted by molar-refractivity contribution is 5.87. The van der Waals surface area contributed by atoms with Crippen LogP contribution in [0.5, 0.6) is 11.5 Å². The van der Waals surface area contributed by atoms with Crippen molar-refractivity contribution < 1.29 is 33.4 Å². The highest BCUT2D eigenvalue weighted by atomic mass is 16.5. The number of ether oxygens (including phenoxy) is 3. The minimum Gasteiger partial charge on any atom is -0.457 e. The second-order valence-electron chi connectivity index (χ2n) is 14.6. The number of carbonyl (C=O) groups is 4. The molecule has 2 fully saturated rings. The molecule has 292 valence electrons. The molecule has 4 atom stereocenters. The lowest BCUT2D eigenvalue weighted by Gasteiger charge is -2.30. The van der Waals surface area contributed by atoms with Gasteiger partial charge in [0.15, 0.2) is 0 Å². The highest BCUT2D eigenvalue weighted by Gasteiger charge is 2.39. The molecule has 2 saturated heterocycles. The number of carbonyl (C=O) groups excluding carboxylic acids is 4. The largest absolute Gasteiger partial charge is 0.457 e. The van der Waals surface area contributed by atoms with Crippen molar-refractivity contribution in [3.05, 3.63) is 72.6 Å². The monoisotopic (exact) mass is 754 g/mol. The molecule has 1 unspecified atom stereocenters. The van der Waals surface area contributed by atoms with E-state index in [9.17, 15) is 19.2 Å². The number of benzene rings is 2. The molecule has 4 aromatic rings. The predicted molar refractivity (Wildman–Crippen MR) is 204 cm³/mol. The summed E-state index contributed by atoms with van der Waals surface area (Å²) < 4.78 is 15.7. The van der Waals surface area contributed by atoms with E-state index in [0.717, 1.165) is 48.2 Å². The van der Waals surface area contributed by atoms with E-state index in [1.54, 1.807) is 22.2 Å². The van der Waals surface area contributed by atoms with Crippen LogP contribution in [0.3, 0.4) is 0 Å². The van der Waals surface area contributed by atoms with Crippen molar-refractivity contribution in [2.24, 2.45) is 11.8 Å². The number of hydrogen-bond donors (Lipinski definition) is 4. The van der Waals surface area contributed by atoms with Crippen LogP contribution in [0.4, 0.5) is 9.59 Å². The lowest BCUT2D eigenvalue weighted by atomic mass is 10.0. The number of H-pyrrole nitrogens is 2. The van der Waals surface area contributed by atoms with Gasteiger partial charge in [0, 0.05) is 18.7 Å². The van der Waals surface area contributed by atoms with Gasteiger partial charge in [0.05, 0.1) is 50.1 Å². The molecule has 55 heavy (non-hydrogen) atoms. The van der Waals surface area contributed by atoms with E-state index in [-0.39, 0.29) is 35.7 Å². The fraction of sp³-hybridized carbons (Fsp3) is 0.450. The third kappa shape index (κ3) is 8.76. The van der Waals surface area contributed by atoms with Gasteiger partial charge in [-0.05, 0) is 79.5 Å². The Labute approximate surface area is 320 Å². The van der Waals surface area contributed by atoms with Gasteiger partial charge in [-0.15, -0.1) is 0 Å². The lowest BCUT2D eigenvalue weighted by molar-refractivity contribution is -0.136. The van der Waals surface area contributed by atoms with Crippen LogP contribution in [-0.2, 0) is 19.1 Å². The summed E-state index contributed by atoms with van der Waals surface area (Å²) in [5, 5.41) is 5.37. The number of alkyl carbamates (subject to hydrolysis) is 2. The third-order valence-corrected chi connectivity index (χ3v) is 10.2. The van der Waals surface area contributed by atoms with Crippen LogP contribution in [0.25, 0.3) is 22.5 Å². The van der Waals surface area contributed by atoms with Crippen molar-refractivity contribution in [1.29, 1.82) is 0 Å². The molecule has 2 aliphatic heterocycles. The van der Waals surface area contributed by atoms with E-state index >= 15 is 0 Å². The van der Waals surface area contributed by atoms with Crippen LogP contribution >= 0.6 is 0 Å². The van der Waals surface area contributed by atoms with Crippen LogP contribution in [0.1, 0.15) is 77.1 Å². The normalized spacial score (nSPS) is 18.0. The molecule has 4 heterocycles. The van der Waals surface area contributed by atoms with Crippen LogP contribution in [0, 0.1) is 11.8 Å². The number of aromatic nitrogens is 4. The fourth-order valence-corrected chi connectivity index (χ4v) is 7.26. The molecule has 0 radical (unpaired) electrons. The summed E-state index contributed by atoms with van der Waals surface area (Å²) >= 11 is 0. The Morgan fingerprint density at radius 1 is 0.691 bits per heavy atom. The van der Waals surface area contributed by atoms with Gasteiger partial charge >= 0.3 is 12.2 Å². The average molecular weight is 755 g/mol. The molecule has 15 nitrogen and oxygen atoms in total. The van der Waals surface area contributed by atoms with Crippen LogP contribution in [-0.4, -0.2) is 93.1 Å². The smallest absolute Gasteiger partial charge is 0.407 e. The third-order valence-electron chi connectivity index (χ3n) is 10.2. The number of hydrogen-bond acceptors (Lipinski definition) is 9. The summed E-state index contributed by atoms with van der Waals surface area (Å²) in [6.45, 7) is 8.72. The maximum absolute atomic E-state index is 13.5. The predicted octanol–water partition coefficient (Wildman–Crippen LogP) is 6.35. The van der Waals surface area contributed by atoms with Gasteiger partial charge in [0.1, 0.15) is 35.2 Å². The summed E-state index contributed by atoms with van der Waals surface area (Å²) in [7, 11) is 2.56. The van der Waals surface area contributed by atoms with E-state index in [0.29, 0.717) is 36.2 Å². The molecule has 0 saturated carbocycles. The Morgan fingerprint density at radius 3 is 1.65 bits per heavy atom. The second-order valence-corrected chi connectivity index (χ2v) is 14.6. The van der Waals surface area contributed by atoms with Crippen molar-refractivity contribution in [2.45, 2.75) is 77.5 Å². The zero-order chi connectivity index (χ0) is 39.2. The molecule has 6 rings (SSSR count). The highest BCUT2D eigenvalue weighted by Crippen LogP contribution is 2.35. The zero-order valence-electron chi connectivity index (χ0n) is 32.1. The topological polar surface area (TPSA) is 184 Å². The number of aromatic amines is 2. The molecular formula is C40H50N8O7. The minimum atomic E-state index is -0.704. The standard InChI is InChI=1S/C40H50N8O7/c1-23(2)33(45-39(51)53-5)37(49)47-18-8-12-31(47)35-41-21-29(43-35)25-14-16-27(17-15-25)55-28-11-7-10-26(20-28)30-22-42-36(44-30)32-13-9-19-48(32)38(50)34(24(3)4)46-40(52)54-6/h7,10-11,14-17,20-24,31-34H,8-9,12-13,18-19H2,1-6H3,(H,41,43)(H,42,44)(H,45,51)(H,46,52)/t31-,32?,33-,34-/m0/s1. The average Bonchev–Trinajstić information content (AvgIpc) is 4.02. The summed E-state index contributed by atoms with van der Waals surface area (Å²) in [6.07, 6.45) is 5.45. The number of nitrogens with zero attached hydrogens (tertiary/aromatic N) is 4. The van der Waals surface area contributed by atoms with Crippen molar-refractivity contribution in [1.82, 2.24) is 40.4 Å². The first-order chi connectivity index (χ1) is 26.5. The quantitative estimate of drug-likeness (QED) is 0.128. The van der Waals surface area contributed by atoms with Gasteiger partial charge in [0.2, 0.25) is 11.8 Å². The van der Waals surface area contributed by atoms with E-state index in [1.165, 1.54) is 14.2 Å². The molecule has 2 aliphatic rings. The van der Waals surface area contributed by atoms with E-state index in [1.807, 2.05) is 76.2 Å². The van der Waals surface area contributed by atoms with Crippen molar-refractivity contribution in [3.8, 4) is 34.0 Å². The van der Waals surface area contributed by atoms with Crippen LogP contribution in [0.2, 0.25) is 0 Å². The first kappa shape index (κ1) is 38.9. The first-order valence-corrected chi connectivity index (χ1v) is 18.8. The minimum absolute atomic E-state index is 0.115. The van der Waals surface area contributed by atoms with Gasteiger partial charge in [0.25, 0.3) is 0 Å². The SMILES string of the molecule is COC(=O)N[C@H](C(=O)N1CCCC1c1ncc(-c2cccc(Oc3ccc(-c4cnc([C@@H]5CCCN5C(=O)[C@@H](NC(=O)OC)C(C)C)[nH]4)cc3)c2)[nH]1)C(C)C.